The van der Waals surface area contributed by atoms with E-state index in [4.69, 9.17) is 21.7 Å². The van der Waals surface area contributed by atoms with Gasteiger partial charge in [0.1, 0.15) is 23.9 Å². The van der Waals surface area contributed by atoms with Crippen molar-refractivity contribution in [2.75, 3.05) is 25.7 Å². The highest BCUT2D eigenvalue weighted by Gasteiger charge is 2.38. The summed E-state index contributed by atoms with van der Waals surface area (Å²) in [6.45, 7) is 2.46. The van der Waals surface area contributed by atoms with Crippen molar-refractivity contribution in [1.29, 1.82) is 0 Å². The van der Waals surface area contributed by atoms with Gasteiger partial charge in [0.05, 0.1) is 24.2 Å². The fourth-order valence-electron chi connectivity index (χ4n) is 2.24. The lowest BCUT2D eigenvalue weighted by molar-refractivity contribution is -0.138. The molecule has 0 aliphatic carbocycles. The number of ether oxygens (including phenoxy) is 2. The number of hydrogen-bond acceptors (Lipinski definition) is 12. The van der Waals surface area contributed by atoms with Gasteiger partial charge in [-0.3, -0.25) is 4.79 Å². The zero-order valence-electron chi connectivity index (χ0n) is 13.6. The SMILES string of the molecule is CCN1C(=C2SC(C(=O)OC)=C(C(=O)OC)S2)C(=S)Sc2ssc(=O)c21. The van der Waals surface area contributed by atoms with Gasteiger partial charge in [0.2, 0.25) is 0 Å². The lowest BCUT2D eigenvalue weighted by Gasteiger charge is -2.30. The number of anilines is 1. The number of carbonyl (C=O) groups excluding carboxylic acids is 2. The van der Waals surface area contributed by atoms with E-state index in [1.807, 2.05) is 11.8 Å². The first-order chi connectivity index (χ1) is 12.4. The lowest BCUT2D eigenvalue weighted by Crippen LogP contribution is -2.32. The Morgan fingerprint density at radius 3 is 2.12 bits per heavy atom. The minimum Gasteiger partial charge on any atom is -0.465 e. The first-order valence-corrected chi connectivity index (χ1v) is 12.1. The minimum absolute atomic E-state index is 0.0257. The second-order valence-electron chi connectivity index (χ2n) is 4.71. The zero-order chi connectivity index (χ0) is 19.0. The van der Waals surface area contributed by atoms with Crippen molar-refractivity contribution in [2.24, 2.45) is 0 Å². The number of methoxy groups -OCH3 is 2. The third kappa shape index (κ3) is 3.38. The predicted molar refractivity (Wildman–Crippen MR) is 113 cm³/mol. The van der Waals surface area contributed by atoms with Gasteiger partial charge in [-0.2, -0.15) is 0 Å². The summed E-state index contributed by atoms with van der Waals surface area (Å²) in [6.07, 6.45) is 0. The molecule has 0 saturated heterocycles. The molecular weight excluding hydrogens is 455 g/mol. The molecule has 1 aromatic rings. The van der Waals surface area contributed by atoms with E-state index in [0.717, 1.165) is 27.7 Å². The fourth-order valence-corrected chi connectivity index (χ4v) is 9.26. The van der Waals surface area contributed by atoms with E-state index in [1.165, 1.54) is 46.7 Å². The molecule has 0 aromatic carbocycles. The zero-order valence-corrected chi connectivity index (χ0v) is 18.5. The summed E-state index contributed by atoms with van der Waals surface area (Å²) >= 11 is 9.15. The number of rotatable bonds is 3. The predicted octanol–water partition coefficient (Wildman–Crippen LogP) is 3.64. The molecule has 0 N–H and O–H groups in total. The number of hydrogen-bond donors (Lipinski definition) is 0. The van der Waals surface area contributed by atoms with Gasteiger partial charge in [-0.05, 0) is 17.3 Å². The lowest BCUT2D eigenvalue weighted by atomic mass is 10.4. The molecule has 0 unspecified atom stereocenters. The maximum absolute atomic E-state index is 12.3. The Balaban J connectivity index is 2.10. The van der Waals surface area contributed by atoms with Gasteiger partial charge >= 0.3 is 11.9 Å². The number of thiocarbonyl (C=S) groups is 1. The van der Waals surface area contributed by atoms with Crippen LogP contribution in [0.25, 0.3) is 0 Å². The van der Waals surface area contributed by atoms with Crippen LogP contribution < -0.4 is 9.64 Å². The molecule has 0 fully saturated rings. The summed E-state index contributed by atoms with van der Waals surface area (Å²) in [5.74, 6) is -1.22. The van der Waals surface area contributed by atoms with E-state index in [9.17, 15) is 14.4 Å². The number of fused-ring (bicyclic) bond motifs is 1. The van der Waals surface area contributed by atoms with Crippen LogP contribution >= 0.6 is 68.2 Å². The quantitative estimate of drug-likeness (QED) is 0.286. The van der Waals surface area contributed by atoms with Crippen LogP contribution in [0.3, 0.4) is 0 Å². The van der Waals surface area contributed by atoms with Crippen molar-refractivity contribution in [1.82, 2.24) is 0 Å². The number of nitrogens with zero attached hydrogens (tertiary/aromatic N) is 1. The first kappa shape index (κ1) is 20.0. The Bertz CT molecular complexity index is 897. The summed E-state index contributed by atoms with van der Waals surface area (Å²) in [7, 11) is 5.08. The maximum Gasteiger partial charge on any atom is 0.346 e. The molecule has 3 rings (SSSR count). The standard InChI is InChI=1S/C14H11NO5S6/c1-4-15-5-11(18)25-26-14(5)24-12(21)6(15)13-22-7(9(16)19-2)8(23-13)10(17)20-3/h4H2,1-3H3. The third-order valence-electron chi connectivity index (χ3n) is 3.35. The smallest absolute Gasteiger partial charge is 0.346 e. The average molecular weight is 466 g/mol. The van der Waals surface area contributed by atoms with Crippen LogP contribution in [-0.4, -0.2) is 36.9 Å². The Labute approximate surface area is 174 Å². The van der Waals surface area contributed by atoms with Gasteiger partial charge in [0.15, 0.2) is 0 Å². The number of thioether (sulfide) groups is 3. The Hall–Kier alpha value is -0.790. The first-order valence-electron chi connectivity index (χ1n) is 7.06. The topological polar surface area (TPSA) is 72.9 Å². The van der Waals surface area contributed by atoms with Crippen LogP contribution in [0.5, 0.6) is 0 Å². The van der Waals surface area contributed by atoms with E-state index < -0.39 is 11.9 Å². The second kappa shape index (κ2) is 8.07. The minimum atomic E-state index is -0.612. The molecule has 2 aliphatic heterocycles. The number of carbonyl (C=O) groups is 2. The van der Waals surface area contributed by atoms with E-state index in [1.54, 1.807) is 0 Å². The van der Waals surface area contributed by atoms with Crippen LogP contribution in [0.2, 0.25) is 0 Å². The van der Waals surface area contributed by atoms with E-state index in [0.29, 0.717) is 26.4 Å². The molecule has 6 nitrogen and oxygen atoms in total. The van der Waals surface area contributed by atoms with E-state index >= 15 is 0 Å². The van der Waals surface area contributed by atoms with Crippen molar-refractivity contribution >= 4 is 90.0 Å². The van der Waals surface area contributed by atoms with Crippen molar-refractivity contribution in [2.45, 2.75) is 11.1 Å². The molecule has 0 bridgehead atoms. The van der Waals surface area contributed by atoms with Gasteiger partial charge in [0, 0.05) is 6.54 Å². The summed E-state index contributed by atoms with van der Waals surface area (Å²) < 4.78 is 11.7. The highest BCUT2D eigenvalue weighted by Crippen LogP contribution is 2.55. The molecule has 26 heavy (non-hydrogen) atoms. The molecule has 2 aliphatic rings. The molecule has 3 heterocycles. The summed E-state index contributed by atoms with van der Waals surface area (Å²) in [5, 5.41) is 0. The van der Waals surface area contributed by atoms with Crippen LogP contribution in [0.1, 0.15) is 6.92 Å². The largest absolute Gasteiger partial charge is 0.465 e. The monoisotopic (exact) mass is 465 g/mol. The third-order valence-corrected chi connectivity index (χ3v) is 9.88. The molecule has 1 aromatic heterocycles. The summed E-state index contributed by atoms with van der Waals surface area (Å²) in [5.41, 5.74) is 1.27. The van der Waals surface area contributed by atoms with Gasteiger partial charge in [-0.15, -0.1) is 0 Å². The van der Waals surface area contributed by atoms with Crippen molar-refractivity contribution in [3.05, 3.63) is 29.3 Å². The van der Waals surface area contributed by atoms with Crippen molar-refractivity contribution < 1.29 is 19.1 Å². The molecule has 0 saturated carbocycles. The maximum atomic E-state index is 12.3. The average Bonchev–Trinajstić information content (AvgIpc) is 3.23. The van der Waals surface area contributed by atoms with Crippen molar-refractivity contribution in [3.63, 3.8) is 0 Å². The number of esters is 2. The van der Waals surface area contributed by atoms with Crippen molar-refractivity contribution in [3.8, 4) is 0 Å². The molecule has 0 radical (unpaired) electrons. The fraction of sp³-hybridized carbons (Fsp3) is 0.286. The van der Waals surface area contributed by atoms with Gasteiger partial charge < -0.3 is 14.4 Å². The Morgan fingerprint density at radius 2 is 1.62 bits per heavy atom. The molecule has 0 spiro atoms. The van der Waals surface area contributed by atoms with E-state index in [-0.39, 0.29) is 14.6 Å². The van der Waals surface area contributed by atoms with E-state index in [2.05, 4.69) is 0 Å². The van der Waals surface area contributed by atoms with Crippen LogP contribution in [0.15, 0.2) is 28.7 Å². The van der Waals surface area contributed by atoms with Gasteiger partial charge in [-0.1, -0.05) is 57.8 Å². The molecule has 0 atom stereocenters. The summed E-state index contributed by atoms with van der Waals surface area (Å²) in [4.78, 5) is 38.6. The van der Waals surface area contributed by atoms with Crippen LogP contribution in [0.4, 0.5) is 5.69 Å². The van der Waals surface area contributed by atoms with Gasteiger partial charge in [-0.25, -0.2) is 9.59 Å². The second-order valence-corrected chi connectivity index (χ2v) is 11.1. The van der Waals surface area contributed by atoms with Gasteiger partial charge in [0.25, 0.3) is 4.74 Å². The molecule has 138 valence electrons. The summed E-state index contributed by atoms with van der Waals surface area (Å²) in [6, 6.07) is 0. The Morgan fingerprint density at radius 1 is 1.04 bits per heavy atom. The molecule has 0 amide bonds. The molecular formula is C14H11NO5S6. The highest BCUT2D eigenvalue weighted by atomic mass is 32.9. The van der Waals surface area contributed by atoms with Crippen LogP contribution in [-0.2, 0) is 19.1 Å². The molecule has 12 heteroatoms. The highest BCUT2D eigenvalue weighted by molar-refractivity contribution is 8.30. The Kier molecular flexibility index (Phi) is 6.19. The van der Waals surface area contributed by atoms with Crippen LogP contribution in [0, 0.1) is 0 Å². The normalized spacial score (nSPS) is 16.9.